The van der Waals surface area contributed by atoms with Crippen LogP contribution in [0.1, 0.15) is 5.56 Å². The van der Waals surface area contributed by atoms with E-state index in [1.165, 1.54) is 4.90 Å². The highest BCUT2D eigenvalue weighted by Gasteiger charge is 2.06. The van der Waals surface area contributed by atoms with Crippen LogP contribution in [0.4, 0.5) is 10.5 Å². The van der Waals surface area contributed by atoms with Gasteiger partial charge in [-0.05, 0) is 24.6 Å². The lowest BCUT2D eigenvalue weighted by Crippen LogP contribution is -2.27. The molecule has 0 bridgehead atoms. The van der Waals surface area contributed by atoms with E-state index in [9.17, 15) is 4.79 Å². The Morgan fingerprint density at radius 3 is 2.64 bits per heavy atom. The number of hydrogen-bond acceptors (Lipinski definition) is 1. The molecule has 1 N–H and O–H groups in total. The minimum absolute atomic E-state index is 0.157. The number of urea groups is 1. The number of anilines is 1. The van der Waals surface area contributed by atoms with Crippen molar-refractivity contribution in [2.24, 2.45) is 0 Å². The fourth-order valence-electron chi connectivity index (χ4n) is 0.956. The molecule has 1 aromatic rings. The van der Waals surface area contributed by atoms with E-state index in [0.717, 1.165) is 11.3 Å². The van der Waals surface area contributed by atoms with Gasteiger partial charge in [-0.15, -0.1) is 0 Å². The summed E-state index contributed by atoms with van der Waals surface area (Å²) in [4.78, 5) is 12.8. The maximum atomic E-state index is 11.3. The number of benzene rings is 1. The molecule has 1 aromatic carbocycles. The summed E-state index contributed by atoms with van der Waals surface area (Å²) < 4.78 is 0. The van der Waals surface area contributed by atoms with Crippen molar-refractivity contribution >= 4 is 23.3 Å². The van der Waals surface area contributed by atoms with Gasteiger partial charge < -0.3 is 10.2 Å². The number of carbonyl (C=O) groups excluding carboxylic acids is 1. The Morgan fingerprint density at radius 1 is 1.43 bits per heavy atom. The molecule has 76 valence electrons. The molecule has 3 nitrogen and oxygen atoms in total. The van der Waals surface area contributed by atoms with Gasteiger partial charge in [-0.25, -0.2) is 4.79 Å². The van der Waals surface area contributed by atoms with Gasteiger partial charge in [0, 0.05) is 24.8 Å². The van der Waals surface area contributed by atoms with E-state index in [-0.39, 0.29) is 6.03 Å². The molecular weight excluding hydrogens is 200 g/mol. The first kappa shape index (κ1) is 10.9. The number of nitrogens with one attached hydrogen (secondary N) is 1. The summed E-state index contributed by atoms with van der Waals surface area (Å²) in [6, 6.07) is 5.24. The van der Waals surface area contributed by atoms with Crippen molar-refractivity contribution in [2.45, 2.75) is 6.92 Å². The van der Waals surface area contributed by atoms with Crippen LogP contribution in [0.25, 0.3) is 0 Å². The summed E-state index contributed by atoms with van der Waals surface area (Å²) >= 11 is 5.81. The molecule has 0 radical (unpaired) electrons. The molecule has 0 spiro atoms. The van der Waals surface area contributed by atoms with Gasteiger partial charge in [-0.1, -0.05) is 17.7 Å². The molecule has 1 rings (SSSR count). The first-order valence-electron chi connectivity index (χ1n) is 4.25. The zero-order valence-electron chi connectivity index (χ0n) is 8.47. The number of carbonyl (C=O) groups is 1. The van der Waals surface area contributed by atoms with Crippen LogP contribution in [0.5, 0.6) is 0 Å². The minimum Gasteiger partial charge on any atom is -0.331 e. The van der Waals surface area contributed by atoms with Gasteiger partial charge in [0.1, 0.15) is 0 Å². The predicted octanol–water partition coefficient (Wildman–Crippen LogP) is 2.74. The summed E-state index contributed by atoms with van der Waals surface area (Å²) in [5, 5.41) is 3.37. The molecule has 0 aliphatic rings. The summed E-state index contributed by atoms with van der Waals surface area (Å²) in [5.41, 5.74) is 1.74. The molecule has 4 heteroatoms. The molecule has 0 saturated carbocycles. The molecule has 0 aliphatic heterocycles. The fraction of sp³-hybridized carbons (Fsp3) is 0.300. The van der Waals surface area contributed by atoms with E-state index < -0.39 is 0 Å². The Bertz CT molecular complexity index is 350. The lowest BCUT2D eigenvalue weighted by atomic mass is 10.2. The predicted molar refractivity (Wildman–Crippen MR) is 58.9 cm³/mol. The third-order valence-corrected chi connectivity index (χ3v) is 2.08. The van der Waals surface area contributed by atoms with E-state index in [1.54, 1.807) is 26.2 Å². The van der Waals surface area contributed by atoms with Crippen LogP contribution in [0.15, 0.2) is 18.2 Å². The zero-order valence-corrected chi connectivity index (χ0v) is 9.22. The summed E-state index contributed by atoms with van der Waals surface area (Å²) in [6.07, 6.45) is 0. The molecule has 0 aromatic heterocycles. The first-order chi connectivity index (χ1) is 6.50. The topological polar surface area (TPSA) is 32.3 Å². The lowest BCUT2D eigenvalue weighted by molar-refractivity contribution is 0.230. The number of nitrogens with zero attached hydrogens (tertiary/aromatic N) is 1. The second kappa shape index (κ2) is 4.33. The Balaban J connectivity index is 2.86. The van der Waals surface area contributed by atoms with Crippen LogP contribution in [0.3, 0.4) is 0 Å². The molecule has 0 unspecified atom stereocenters. The van der Waals surface area contributed by atoms with Crippen molar-refractivity contribution < 1.29 is 4.79 Å². The third kappa shape index (κ3) is 2.64. The molecular formula is C10H13ClN2O. The van der Waals surface area contributed by atoms with E-state index in [4.69, 9.17) is 11.6 Å². The lowest BCUT2D eigenvalue weighted by Gasteiger charge is -2.13. The largest absolute Gasteiger partial charge is 0.331 e. The van der Waals surface area contributed by atoms with Crippen LogP contribution >= 0.6 is 11.6 Å². The number of halogens is 1. The molecule has 0 saturated heterocycles. The van der Waals surface area contributed by atoms with Gasteiger partial charge >= 0.3 is 6.03 Å². The standard InChI is InChI=1S/C10H13ClN2O/c1-7-4-5-8(11)6-9(7)12-10(14)13(2)3/h4-6H,1-3H3,(H,12,14). The quantitative estimate of drug-likeness (QED) is 0.763. The Morgan fingerprint density at radius 2 is 2.07 bits per heavy atom. The maximum absolute atomic E-state index is 11.3. The van der Waals surface area contributed by atoms with E-state index in [1.807, 2.05) is 13.0 Å². The first-order valence-corrected chi connectivity index (χ1v) is 4.63. The number of hydrogen-bond donors (Lipinski definition) is 1. The van der Waals surface area contributed by atoms with Crippen molar-refractivity contribution in [1.82, 2.24) is 4.90 Å². The highest BCUT2D eigenvalue weighted by atomic mass is 35.5. The molecule has 0 heterocycles. The molecule has 0 atom stereocenters. The fourth-order valence-corrected chi connectivity index (χ4v) is 1.13. The summed E-state index contributed by atoms with van der Waals surface area (Å²) in [7, 11) is 3.38. The highest BCUT2D eigenvalue weighted by Crippen LogP contribution is 2.20. The van der Waals surface area contributed by atoms with Crippen LogP contribution in [0, 0.1) is 6.92 Å². The smallest absolute Gasteiger partial charge is 0.321 e. The average Bonchev–Trinajstić information content (AvgIpc) is 2.11. The van der Waals surface area contributed by atoms with Crippen LogP contribution in [-0.4, -0.2) is 25.0 Å². The van der Waals surface area contributed by atoms with Gasteiger partial charge in [0.25, 0.3) is 0 Å². The molecule has 0 fully saturated rings. The highest BCUT2D eigenvalue weighted by molar-refractivity contribution is 6.31. The van der Waals surface area contributed by atoms with Crippen molar-refractivity contribution in [1.29, 1.82) is 0 Å². The van der Waals surface area contributed by atoms with E-state index in [2.05, 4.69) is 5.32 Å². The third-order valence-electron chi connectivity index (χ3n) is 1.85. The minimum atomic E-state index is -0.157. The van der Waals surface area contributed by atoms with E-state index in [0.29, 0.717) is 5.02 Å². The van der Waals surface area contributed by atoms with Crippen LogP contribution in [0.2, 0.25) is 5.02 Å². The normalized spacial score (nSPS) is 9.71. The van der Waals surface area contributed by atoms with E-state index >= 15 is 0 Å². The monoisotopic (exact) mass is 212 g/mol. The SMILES string of the molecule is Cc1ccc(Cl)cc1NC(=O)N(C)C. The Labute approximate surface area is 88.7 Å². The number of aryl methyl sites for hydroxylation is 1. The number of amides is 2. The van der Waals surface area contributed by atoms with Crippen molar-refractivity contribution in [3.05, 3.63) is 28.8 Å². The molecule has 0 aliphatic carbocycles. The van der Waals surface area contributed by atoms with Crippen molar-refractivity contribution in [3.8, 4) is 0 Å². The molecule has 2 amide bonds. The second-order valence-corrected chi connectivity index (χ2v) is 3.72. The maximum Gasteiger partial charge on any atom is 0.321 e. The van der Waals surface area contributed by atoms with Gasteiger partial charge in [0.2, 0.25) is 0 Å². The van der Waals surface area contributed by atoms with Crippen molar-refractivity contribution in [3.63, 3.8) is 0 Å². The molecule has 14 heavy (non-hydrogen) atoms. The van der Waals surface area contributed by atoms with Gasteiger partial charge in [0.05, 0.1) is 0 Å². The second-order valence-electron chi connectivity index (χ2n) is 3.28. The van der Waals surface area contributed by atoms with Gasteiger partial charge in [0.15, 0.2) is 0 Å². The zero-order chi connectivity index (χ0) is 10.7. The average molecular weight is 213 g/mol. The number of rotatable bonds is 1. The van der Waals surface area contributed by atoms with Crippen LogP contribution in [-0.2, 0) is 0 Å². The summed E-state index contributed by atoms with van der Waals surface area (Å²) in [6.45, 7) is 1.92. The van der Waals surface area contributed by atoms with Crippen molar-refractivity contribution in [2.75, 3.05) is 19.4 Å². The van der Waals surface area contributed by atoms with Gasteiger partial charge in [-0.2, -0.15) is 0 Å². The Kier molecular flexibility index (Phi) is 3.36. The Hall–Kier alpha value is -1.22. The van der Waals surface area contributed by atoms with Crippen LogP contribution < -0.4 is 5.32 Å². The van der Waals surface area contributed by atoms with Gasteiger partial charge in [-0.3, -0.25) is 0 Å². The summed E-state index contributed by atoms with van der Waals surface area (Å²) in [5.74, 6) is 0.